The number of piperidine rings is 1. The number of hydrogen-bond donors (Lipinski definition) is 1. The maximum absolute atomic E-state index is 12.7. The van der Waals surface area contributed by atoms with Gasteiger partial charge < -0.3 is 9.80 Å². The molecule has 0 aliphatic carbocycles. The van der Waals surface area contributed by atoms with E-state index in [0.29, 0.717) is 25.1 Å². The number of anilines is 1. The lowest BCUT2D eigenvalue weighted by Gasteiger charge is -2.29. The van der Waals surface area contributed by atoms with Crippen LogP contribution in [-0.2, 0) is 23.0 Å². The molecule has 1 N–H and O–H groups in total. The van der Waals surface area contributed by atoms with Crippen molar-refractivity contribution < 1.29 is 13.2 Å². The molecular formula is C23H31N3O3S. The Morgan fingerprint density at radius 1 is 0.967 bits per heavy atom. The second-order valence-electron chi connectivity index (χ2n) is 7.99. The van der Waals surface area contributed by atoms with Crippen molar-refractivity contribution in [1.29, 1.82) is 0 Å². The molecule has 1 aliphatic heterocycles. The monoisotopic (exact) mass is 429 g/mol. The quantitative estimate of drug-likeness (QED) is 0.700. The molecule has 2 aromatic rings. The third-order valence-electron chi connectivity index (χ3n) is 5.40. The van der Waals surface area contributed by atoms with Crippen LogP contribution in [0.15, 0.2) is 48.5 Å². The largest absolute Gasteiger partial charge is 0.372 e. The number of sulfonamides is 1. The summed E-state index contributed by atoms with van der Waals surface area (Å²) in [6.45, 7) is 3.15. The van der Waals surface area contributed by atoms with E-state index in [1.165, 1.54) is 24.9 Å². The lowest BCUT2D eigenvalue weighted by Crippen LogP contribution is -2.29. The van der Waals surface area contributed by atoms with Crippen LogP contribution in [0.1, 0.15) is 40.7 Å². The summed E-state index contributed by atoms with van der Waals surface area (Å²) < 4.78 is 24.7. The Morgan fingerprint density at radius 3 is 2.17 bits per heavy atom. The number of rotatable bonds is 8. The summed E-state index contributed by atoms with van der Waals surface area (Å²) in [5.41, 5.74) is 3.98. The van der Waals surface area contributed by atoms with Gasteiger partial charge in [-0.3, -0.25) is 4.79 Å². The predicted octanol–water partition coefficient (Wildman–Crippen LogP) is 3.04. The van der Waals surface area contributed by atoms with Crippen molar-refractivity contribution in [2.75, 3.05) is 37.8 Å². The van der Waals surface area contributed by atoms with Crippen LogP contribution in [-0.4, -0.2) is 52.2 Å². The van der Waals surface area contributed by atoms with E-state index in [2.05, 4.69) is 33.9 Å². The van der Waals surface area contributed by atoms with Crippen molar-refractivity contribution in [3.8, 4) is 0 Å². The molecule has 6 nitrogen and oxygen atoms in total. The normalized spacial score (nSPS) is 14.5. The van der Waals surface area contributed by atoms with E-state index < -0.39 is 10.0 Å². The molecule has 0 unspecified atom stereocenters. The number of nitrogens with zero attached hydrogens (tertiary/aromatic N) is 2. The molecule has 1 saturated heterocycles. The Hall–Kier alpha value is -2.38. The summed E-state index contributed by atoms with van der Waals surface area (Å²) in [6.07, 6.45) is 5.56. The molecule has 1 fully saturated rings. The fourth-order valence-corrected chi connectivity index (χ4v) is 4.20. The third kappa shape index (κ3) is 6.57. The topological polar surface area (TPSA) is 69.7 Å². The Morgan fingerprint density at radius 2 is 1.57 bits per heavy atom. The molecule has 0 bridgehead atoms. The molecule has 0 saturated carbocycles. The number of benzene rings is 2. The molecule has 0 atom stereocenters. The van der Waals surface area contributed by atoms with Crippen molar-refractivity contribution in [3.05, 3.63) is 65.2 Å². The van der Waals surface area contributed by atoms with Crippen LogP contribution in [0, 0.1) is 0 Å². The van der Waals surface area contributed by atoms with Gasteiger partial charge in [-0.25, -0.2) is 13.1 Å². The van der Waals surface area contributed by atoms with Gasteiger partial charge in [0.1, 0.15) is 0 Å². The Balaban J connectivity index is 1.53. The maximum atomic E-state index is 12.7. The van der Waals surface area contributed by atoms with Gasteiger partial charge in [0.2, 0.25) is 10.0 Å². The molecule has 7 heteroatoms. The highest BCUT2D eigenvalue weighted by Gasteiger charge is 2.14. The van der Waals surface area contributed by atoms with E-state index in [9.17, 15) is 13.2 Å². The highest BCUT2D eigenvalue weighted by atomic mass is 32.2. The first-order valence-corrected chi connectivity index (χ1v) is 12.3. The summed E-state index contributed by atoms with van der Waals surface area (Å²) >= 11 is 0. The Bertz CT molecular complexity index is 935. The average molecular weight is 430 g/mol. The van der Waals surface area contributed by atoms with E-state index in [4.69, 9.17) is 0 Å². The van der Waals surface area contributed by atoms with Gasteiger partial charge in [0.25, 0.3) is 5.91 Å². The van der Waals surface area contributed by atoms with E-state index in [1.807, 2.05) is 19.2 Å². The van der Waals surface area contributed by atoms with Gasteiger partial charge in [-0.2, -0.15) is 0 Å². The summed E-state index contributed by atoms with van der Waals surface area (Å²) in [7, 11) is -1.37. The van der Waals surface area contributed by atoms with Gasteiger partial charge in [0.15, 0.2) is 0 Å². The summed E-state index contributed by atoms with van der Waals surface area (Å²) in [4.78, 5) is 16.9. The van der Waals surface area contributed by atoms with Crippen LogP contribution < -0.4 is 9.62 Å². The van der Waals surface area contributed by atoms with Gasteiger partial charge in [0.05, 0.1) is 6.26 Å². The Kier molecular flexibility index (Phi) is 7.50. The zero-order valence-corrected chi connectivity index (χ0v) is 18.6. The predicted molar refractivity (Wildman–Crippen MR) is 121 cm³/mol. The first-order valence-electron chi connectivity index (χ1n) is 10.4. The highest BCUT2D eigenvalue weighted by Crippen LogP contribution is 2.21. The number of carbonyl (C=O) groups is 1. The molecule has 0 radical (unpaired) electrons. The van der Waals surface area contributed by atoms with Crippen LogP contribution in [0.3, 0.4) is 0 Å². The third-order valence-corrected chi connectivity index (χ3v) is 6.13. The van der Waals surface area contributed by atoms with Gasteiger partial charge >= 0.3 is 0 Å². The van der Waals surface area contributed by atoms with Crippen molar-refractivity contribution >= 4 is 21.6 Å². The minimum atomic E-state index is -3.18. The van der Waals surface area contributed by atoms with Crippen molar-refractivity contribution in [2.24, 2.45) is 0 Å². The average Bonchev–Trinajstić information content (AvgIpc) is 2.74. The van der Waals surface area contributed by atoms with Gasteiger partial charge in [0, 0.05) is 44.5 Å². The minimum Gasteiger partial charge on any atom is -0.372 e. The van der Waals surface area contributed by atoms with Gasteiger partial charge in [-0.05, 0) is 61.1 Å². The number of hydrogen-bond acceptors (Lipinski definition) is 4. The highest BCUT2D eigenvalue weighted by molar-refractivity contribution is 7.88. The van der Waals surface area contributed by atoms with E-state index in [1.54, 1.807) is 17.0 Å². The van der Waals surface area contributed by atoms with Crippen LogP contribution in [0.25, 0.3) is 0 Å². The van der Waals surface area contributed by atoms with Crippen LogP contribution in [0.5, 0.6) is 0 Å². The molecule has 0 aromatic heterocycles. The Labute approximate surface area is 179 Å². The second kappa shape index (κ2) is 10.1. The standard InChI is InChI=1S/C23H31N3O3S/c1-25(18-20-8-12-22(13-9-20)26-16-4-3-5-17-26)23(27)21-10-6-19(7-11-21)14-15-24-30(2,28)29/h6-13,24H,3-5,14-18H2,1-2H3. The smallest absolute Gasteiger partial charge is 0.253 e. The first-order chi connectivity index (χ1) is 14.3. The van der Waals surface area contributed by atoms with Crippen molar-refractivity contribution in [2.45, 2.75) is 32.2 Å². The van der Waals surface area contributed by atoms with Gasteiger partial charge in [-0.15, -0.1) is 0 Å². The zero-order chi connectivity index (χ0) is 21.6. The van der Waals surface area contributed by atoms with Crippen molar-refractivity contribution in [3.63, 3.8) is 0 Å². The molecule has 1 aliphatic rings. The number of amides is 1. The SMILES string of the molecule is CN(Cc1ccc(N2CCCCC2)cc1)C(=O)c1ccc(CCNS(C)(=O)=O)cc1. The van der Waals surface area contributed by atoms with Crippen LogP contribution >= 0.6 is 0 Å². The molecule has 1 heterocycles. The summed E-state index contributed by atoms with van der Waals surface area (Å²) in [5.74, 6) is -0.0316. The maximum Gasteiger partial charge on any atom is 0.253 e. The minimum absolute atomic E-state index is 0.0316. The second-order valence-corrected chi connectivity index (χ2v) is 9.82. The zero-order valence-electron chi connectivity index (χ0n) is 17.8. The molecule has 3 rings (SSSR count). The summed E-state index contributed by atoms with van der Waals surface area (Å²) in [5, 5.41) is 0. The number of nitrogens with one attached hydrogen (secondary N) is 1. The van der Waals surface area contributed by atoms with Crippen LogP contribution in [0.2, 0.25) is 0 Å². The fourth-order valence-electron chi connectivity index (χ4n) is 3.73. The molecular weight excluding hydrogens is 398 g/mol. The lowest BCUT2D eigenvalue weighted by molar-refractivity contribution is 0.0785. The molecule has 1 amide bonds. The lowest BCUT2D eigenvalue weighted by atomic mass is 10.1. The molecule has 30 heavy (non-hydrogen) atoms. The molecule has 2 aromatic carbocycles. The van der Waals surface area contributed by atoms with Crippen LogP contribution in [0.4, 0.5) is 5.69 Å². The molecule has 0 spiro atoms. The van der Waals surface area contributed by atoms with E-state index in [0.717, 1.165) is 30.5 Å². The molecule has 162 valence electrons. The fraction of sp³-hybridized carbons (Fsp3) is 0.435. The number of carbonyl (C=O) groups excluding carboxylic acids is 1. The van der Waals surface area contributed by atoms with Gasteiger partial charge in [-0.1, -0.05) is 24.3 Å². The van der Waals surface area contributed by atoms with Crippen molar-refractivity contribution in [1.82, 2.24) is 9.62 Å². The van der Waals surface area contributed by atoms with E-state index in [-0.39, 0.29) is 5.91 Å². The first kappa shape index (κ1) is 22.3. The summed E-state index contributed by atoms with van der Waals surface area (Å²) in [6, 6.07) is 15.9. The van der Waals surface area contributed by atoms with E-state index >= 15 is 0 Å².